The van der Waals surface area contributed by atoms with Gasteiger partial charge in [-0.25, -0.2) is 4.39 Å². The number of aromatic nitrogens is 1. The number of hydrogen-bond acceptors (Lipinski definition) is 5. The Morgan fingerprint density at radius 1 is 1.12 bits per heavy atom. The molecule has 0 aliphatic rings. The van der Waals surface area contributed by atoms with Gasteiger partial charge in [-0.15, -0.1) is 0 Å². The van der Waals surface area contributed by atoms with Gasteiger partial charge in [0.25, 0.3) is 11.8 Å². The number of rotatable bonds is 4. The Bertz CT molecular complexity index is 916. The van der Waals surface area contributed by atoms with Crippen molar-refractivity contribution >= 4 is 11.8 Å². The average Bonchev–Trinajstić information content (AvgIpc) is 3.04. The number of amides is 1. The quantitative estimate of drug-likeness (QED) is 0.720. The van der Waals surface area contributed by atoms with Crippen molar-refractivity contribution < 1.29 is 13.6 Å². The second kappa shape index (κ2) is 6.62. The van der Waals surface area contributed by atoms with Crippen molar-refractivity contribution in [2.45, 2.75) is 0 Å². The zero-order valence-electron chi connectivity index (χ0n) is 12.3. The van der Waals surface area contributed by atoms with Crippen molar-refractivity contribution in [1.29, 1.82) is 5.26 Å². The minimum Gasteiger partial charge on any atom is -0.417 e. The summed E-state index contributed by atoms with van der Waals surface area (Å²) in [5.74, 6) is -1.15. The molecule has 2 N–H and O–H groups in total. The Morgan fingerprint density at radius 3 is 2.54 bits per heavy atom. The van der Waals surface area contributed by atoms with E-state index < -0.39 is 11.7 Å². The van der Waals surface area contributed by atoms with E-state index in [1.54, 1.807) is 30.3 Å². The first-order valence-electron chi connectivity index (χ1n) is 6.96. The van der Waals surface area contributed by atoms with E-state index in [4.69, 9.17) is 9.68 Å². The lowest BCUT2D eigenvalue weighted by molar-refractivity contribution is 0.0957. The van der Waals surface area contributed by atoms with Crippen LogP contribution in [0.25, 0.3) is 11.5 Å². The number of nitrogens with zero attached hydrogens (tertiary/aromatic N) is 2. The molecule has 1 amide bonds. The summed E-state index contributed by atoms with van der Waals surface area (Å²) in [5.41, 5.74) is 5.27. The number of benzene rings is 2. The van der Waals surface area contributed by atoms with Crippen molar-refractivity contribution in [2.75, 3.05) is 5.43 Å². The van der Waals surface area contributed by atoms with Crippen LogP contribution >= 0.6 is 0 Å². The molecular weight excluding hydrogens is 311 g/mol. The number of nitriles is 1. The van der Waals surface area contributed by atoms with Crippen LogP contribution in [0.1, 0.15) is 16.1 Å². The molecule has 0 atom stereocenters. The molecule has 0 aliphatic carbocycles. The molecule has 1 heterocycles. The zero-order valence-corrected chi connectivity index (χ0v) is 12.3. The first-order chi connectivity index (χ1) is 11.7. The second-order valence-electron chi connectivity index (χ2n) is 4.73. The number of carbonyl (C=O) groups excluding carboxylic acids is 1. The van der Waals surface area contributed by atoms with E-state index >= 15 is 0 Å². The van der Waals surface area contributed by atoms with Crippen LogP contribution in [0, 0.1) is 17.1 Å². The number of nitrogens with one attached hydrogen (secondary N) is 2. The van der Waals surface area contributed by atoms with Crippen LogP contribution in [0.3, 0.4) is 0 Å². The molecule has 24 heavy (non-hydrogen) atoms. The van der Waals surface area contributed by atoms with E-state index in [0.29, 0.717) is 5.56 Å². The Morgan fingerprint density at radius 2 is 1.83 bits per heavy atom. The number of carbonyl (C=O) groups is 1. The summed E-state index contributed by atoms with van der Waals surface area (Å²) in [6.45, 7) is 0. The van der Waals surface area contributed by atoms with Crippen LogP contribution < -0.4 is 10.9 Å². The van der Waals surface area contributed by atoms with Crippen molar-refractivity contribution in [3.63, 3.8) is 0 Å². The van der Waals surface area contributed by atoms with Crippen molar-refractivity contribution in [1.82, 2.24) is 10.4 Å². The summed E-state index contributed by atoms with van der Waals surface area (Å²) in [4.78, 5) is 16.0. The molecule has 7 heteroatoms. The molecule has 0 radical (unpaired) electrons. The average molecular weight is 322 g/mol. The van der Waals surface area contributed by atoms with Crippen LogP contribution in [0.5, 0.6) is 0 Å². The van der Waals surface area contributed by atoms with Gasteiger partial charge >= 0.3 is 0 Å². The van der Waals surface area contributed by atoms with Gasteiger partial charge in [-0.3, -0.25) is 15.6 Å². The highest BCUT2D eigenvalue weighted by Gasteiger charge is 2.16. The van der Waals surface area contributed by atoms with Crippen molar-refractivity contribution in [3.8, 4) is 17.5 Å². The minimum absolute atomic E-state index is 0.0253. The van der Waals surface area contributed by atoms with Crippen LogP contribution in [-0.2, 0) is 0 Å². The van der Waals surface area contributed by atoms with Gasteiger partial charge in [-0.1, -0.05) is 30.3 Å². The summed E-state index contributed by atoms with van der Waals surface area (Å²) in [6, 6.07) is 16.4. The van der Waals surface area contributed by atoms with Crippen LogP contribution in [0.15, 0.2) is 59.0 Å². The van der Waals surface area contributed by atoms with Gasteiger partial charge in [-0.2, -0.15) is 10.2 Å². The zero-order chi connectivity index (χ0) is 16.9. The monoisotopic (exact) mass is 322 g/mol. The van der Waals surface area contributed by atoms with Gasteiger partial charge in [0.1, 0.15) is 11.9 Å². The number of hydrazine groups is 1. The van der Waals surface area contributed by atoms with E-state index in [2.05, 4.69) is 15.8 Å². The van der Waals surface area contributed by atoms with Gasteiger partial charge < -0.3 is 4.42 Å². The van der Waals surface area contributed by atoms with Gasteiger partial charge in [0.15, 0.2) is 0 Å². The van der Waals surface area contributed by atoms with Crippen molar-refractivity contribution in [2.24, 2.45) is 0 Å². The van der Waals surface area contributed by atoms with E-state index in [1.807, 2.05) is 12.1 Å². The maximum atomic E-state index is 13.6. The van der Waals surface area contributed by atoms with E-state index in [0.717, 1.165) is 0 Å². The topological polar surface area (TPSA) is 90.9 Å². The summed E-state index contributed by atoms with van der Waals surface area (Å²) in [5, 5.41) is 9.12. The molecule has 0 unspecified atom stereocenters. The summed E-state index contributed by atoms with van der Waals surface area (Å²) >= 11 is 0. The fraction of sp³-hybridized carbons (Fsp3) is 0. The number of hydrogen-bond donors (Lipinski definition) is 2. The van der Waals surface area contributed by atoms with Gasteiger partial charge in [0, 0.05) is 5.56 Å². The maximum Gasteiger partial charge on any atom is 0.272 e. The summed E-state index contributed by atoms with van der Waals surface area (Å²) in [6.07, 6.45) is 0. The Labute approximate surface area is 136 Å². The number of oxazole rings is 1. The summed E-state index contributed by atoms with van der Waals surface area (Å²) in [7, 11) is 0. The first kappa shape index (κ1) is 15.2. The maximum absolute atomic E-state index is 13.6. The molecular formula is C17H11FN4O2. The normalized spacial score (nSPS) is 10.0. The predicted molar refractivity (Wildman–Crippen MR) is 84.1 cm³/mol. The second-order valence-corrected chi connectivity index (χ2v) is 4.73. The molecule has 0 spiro atoms. The molecule has 0 fully saturated rings. The van der Waals surface area contributed by atoms with Crippen molar-refractivity contribution in [3.05, 3.63) is 71.7 Å². The van der Waals surface area contributed by atoms with Gasteiger partial charge in [0.2, 0.25) is 11.6 Å². The van der Waals surface area contributed by atoms with Crippen LogP contribution in [0.4, 0.5) is 10.3 Å². The first-order valence-corrected chi connectivity index (χ1v) is 6.96. The molecule has 3 aromatic rings. The lowest BCUT2D eigenvalue weighted by Crippen LogP contribution is -2.30. The number of anilines is 1. The fourth-order valence-electron chi connectivity index (χ4n) is 2.01. The Balaban J connectivity index is 1.78. The van der Waals surface area contributed by atoms with Crippen LogP contribution in [-0.4, -0.2) is 10.9 Å². The predicted octanol–water partition coefficient (Wildman–Crippen LogP) is 3.11. The Kier molecular flexibility index (Phi) is 4.21. The van der Waals surface area contributed by atoms with E-state index in [1.165, 1.54) is 18.2 Å². The highest BCUT2D eigenvalue weighted by molar-refractivity contribution is 5.95. The molecule has 0 saturated heterocycles. The molecule has 6 nitrogen and oxygen atoms in total. The number of halogens is 1. The smallest absolute Gasteiger partial charge is 0.272 e. The molecule has 0 bridgehead atoms. The highest BCUT2D eigenvalue weighted by atomic mass is 19.1. The SMILES string of the molecule is N#Cc1nc(-c2ccccc2)oc1NNC(=O)c1ccccc1F. The summed E-state index contributed by atoms with van der Waals surface area (Å²) < 4.78 is 19.0. The largest absolute Gasteiger partial charge is 0.417 e. The third kappa shape index (κ3) is 3.08. The highest BCUT2D eigenvalue weighted by Crippen LogP contribution is 2.24. The molecule has 3 rings (SSSR count). The molecule has 1 aromatic heterocycles. The van der Waals surface area contributed by atoms with E-state index in [-0.39, 0.29) is 23.0 Å². The minimum atomic E-state index is -0.699. The van der Waals surface area contributed by atoms with Gasteiger partial charge in [0.05, 0.1) is 5.56 Å². The van der Waals surface area contributed by atoms with Crippen LogP contribution in [0.2, 0.25) is 0 Å². The molecule has 118 valence electrons. The van der Waals surface area contributed by atoms with Gasteiger partial charge in [-0.05, 0) is 24.3 Å². The fourth-order valence-corrected chi connectivity index (χ4v) is 2.01. The lowest BCUT2D eigenvalue weighted by atomic mass is 10.2. The van der Waals surface area contributed by atoms with E-state index in [9.17, 15) is 9.18 Å². The Hall–Kier alpha value is -3.66. The molecule has 0 aliphatic heterocycles. The third-order valence-electron chi connectivity index (χ3n) is 3.16. The standard InChI is InChI=1S/C17H11FN4O2/c18-13-9-5-4-8-12(13)15(23)21-22-17-14(10-19)20-16(24-17)11-6-2-1-3-7-11/h1-9,22H,(H,21,23). The molecule has 2 aromatic carbocycles. The third-order valence-corrected chi connectivity index (χ3v) is 3.16. The lowest BCUT2D eigenvalue weighted by Gasteiger charge is -2.06. The molecule has 0 saturated carbocycles.